The van der Waals surface area contributed by atoms with E-state index in [1.807, 2.05) is 11.3 Å². The van der Waals surface area contributed by atoms with E-state index >= 15 is 0 Å². The Labute approximate surface area is 103 Å². The van der Waals surface area contributed by atoms with E-state index in [1.165, 1.54) is 36.1 Å². The van der Waals surface area contributed by atoms with E-state index in [-0.39, 0.29) is 0 Å². The summed E-state index contributed by atoms with van der Waals surface area (Å²) < 4.78 is 0. The highest BCUT2D eigenvalue weighted by atomic mass is 32.1. The van der Waals surface area contributed by atoms with Gasteiger partial charge in [0.05, 0.1) is 0 Å². The fourth-order valence-electron chi connectivity index (χ4n) is 2.43. The Balaban J connectivity index is 1.78. The molecule has 1 aliphatic rings. The van der Waals surface area contributed by atoms with E-state index in [4.69, 9.17) is 0 Å². The lowest BCUT2D eigenvalue weighted by molar-refractivity contribution is 0.206. The normalized spacial score (nSPS) is 21.2. The maximum Gasteiger partial charge on any atom is 0.0304 e. The van der Waals surface area contributed by atoms with E-state index in [0.717, 1.165) is 12.6 Å². The molecule has 2 rings (SSSR count). The van der Waals surface area contributed by atoms with Crippen LogP contribution in [0.1, 0.15) is 50.0 Å². The smallest absolute Gasteiger partial charge is 0.0304 e. The summed E-state index contributed by atoms with van der Waals surface area (Å²) in [6.07, 6.45) is 5.43. The van der Waals surface area contributed by atoms with Gasteiger partial charge in [-0.15, -0.1) is 11.3 Å². The minimum atomic E-state index is 0.580. The molecule has 2 heteroatoms. The van der Waals surface area contributed by atoms with Gasteiger partial charge in [0, 0.05) is 17.5 Å². The summed E-state index contributed by atoms with van der Waals surface area (Å²) in [6.45, 7) is 8.06. The molecule has 1 fully saturated rings. The van der Waals surface area contributed by atoms with Crippen LogP contribution in [0.2, 0.25) is 0 Å². The number of nitrogens with one attached hydrogen (secondary N) is 1. The first-order valence-electron chi connectivity index (χ1n) is 6.33. The third kappa shape index (κ3) is 3.08. The first-order valence-corrected chi connectivity index (χ1v) is 7.21. The van der Waals surface area contributed by atoms with Crippen molar-refractivity contribution in [2.75, 3.05) is 0 Å². The third-order valence-corrected chi connectivity index (χ3v) is 4.88. The van der Waals surface area contributed by atoms with Gasteiger partial charge in [-0.3, -0.25) is 0 Å². The second kappa shape index (κ2) is 4.89. The number of hydrogen-bond acceptors (Lipinski definition) is 2. The number of rotatable bonds is 3. The summed E-state index contributed by atoms with van der Waals surface area (Å²) in [5.41, 5.74) is 2.02. The average Bonchev–Trinajstić information content (AvgIpc) is 2.63. The van der Waals surface area contributed by atoms with E-state index in [1.54, 1.807) is 0 Å². The van der Waals surface area contributed by atoms with Crippen molar-refractivity contribution in [3.63, 3.8) is 0 Å². The number of thiophene rings is 1. The van der Waals surface area contributed by atoms with Crippen LogP contribution in [0, 0.1) is 12.3 Å². The van der Waals surface area contributed by atoms with Crippen LogP contribution >= 0.6 is 11.3 Å². The molecule has 1 nitrogen and oxygen atoms in total. The molecule has 16 heavy (non-hydrogen) atoms. The molecule has 1 saturated carbocycles. The van der Waals surface area contributed by atoms with Gasteiger partial charge in [0.15, 0.2) is 0 Å². The van der Waals surface area contributed by atoms with Gasteiger partial charge >= 0.3 is 0 Å². The Morgan fingerprint density at radius 3 is 2.62 bits per heavy atom. The molecular formula is C14H23NS. The molecule has 0 radical (unpaired) electrons. The van der Waals surface area contributed by atoms with Crippen molar-refractivity contribution >= 4 is 11.3 Å². The highest BCUT2D eigenvalue weighted by Crippen LogP contribution is 2.35. The van der Waals surface area contributed by atoms with Crippen LogP contribution in [0.3, 0.4) is 0 Å². The second-order valence-corrected chi connectivity index (χ2v) is 6.85. The van der Waals surface area contributed by atoms with Crippen molar-refractivity contribution in [1.29, 1.82) is 0 Å². The summed E-state index contributed by atoms with van der Waals surface area (Å²) in [5, 5.41) is 5.90. The molecule has 0 aromatic carbocycles. The molecule has 0 atom stereocenters. The highest BCUT2D eigenvalue weighted by molar-refractivity contribution is 7.10. The SMILES string of the molecule is Cc1ccsc1CNC1CCC(C)(C)CC1. The van der Waals surface area contributed by atoms with E-state index in [2.05, 4.69) is 37.5 Å². The number of hydrogen-bond donors (Lipinski definition) is 1. The molecule has 1 N–H and O–H groups in total. The molecule has 1 heterocycles. The first-order chi connectivity index (χ1) is 7.57. The number of aryl methyl sites for hydroxylation is 1. The zero-order chi connectivity index (χ0) is 11.6. The lowest BCUT2D eigenvalue weighted by Gasteiger charge is -2.34. The molecule has 0 bridgehead atoms. The Kier molecular flexibility index (Phi) is 3.70. The quantitative estimate of drug-likeness (QED) is 0.834. The fourth-order valence-corrected chi connectivity index (χ4v) is 3.28. The van der Waals surface area contributed by atoms with Crippen LogP contribution in [0.5, 0.6) is 0 Å². The van der Waals surface area contributed by atoms with Crippen LogP contribution in [-0.4, -0.2) is 6.04 Å². The Bertz CT molecular complexity index is 330. The molecule has 0 unspecified atom stereocenters. The predicted octanol–water partition coefficient (Wildman–Crippen LogP) is 4.11. The van der Waals surface area contributed by atoms with Crippen molar-refractivity contribution in [3.8, 4) is 0 Å². The van der Waals surface area contributed by atoms with Crippen LogP contribution in [0.4, 0.5) is 0 Å². The van der Waals surface area contributed by atoms with E-state index in [0.29, 0.717) is 5.41 Å². The average molecular weight is 237 g/mol. The van der Waals surface area contributed by atoms with Gasteiger partial charge in [0.25, 0.3) is 0 Å². The summed E-state index contributed by atoms with van der Waals surface area (Å²) in [7, 11) is 0. The van der Waals surface area contributed by atoms with Crippen molar-refractivity contribution in [2.45, 2.75) is 59.0 Å². The maximum atomic E-state index is 3.71. The summed E-state index contributed by atoms with van der Waals surface area (Å²) in [5.74, 6) is 0. The maximum absolute atomic E-state index is 3.71. The molecule has 1 aliphatic carbocycles. The first kappa shape index (κ1) is 12.1. The Morgan fingerprint density at radius 1 is 1.38 bits per heavy atom. The fraction of sp³-hybridized carbons (Fsp3) is 0.714. The van der Waals surface area contributed by atoms with Gasteiger partial charge in [0.2, 0.25) is 0 Å². The second-order valence-electron chi connectivity index (χ2n) is 5.85. The van der Waals surface area contributed by atoms with Crippen molar-refractivity contribution in [3.05, 3.63) is 21.9 Å². The third-order valence-electron chi connectivity index (χ3n) is 3.86. The largest absolute Gasteiger partial charge is 0.309 e. The Morgan fingerprint density at radius 2 is 2.06 bits per heavy atom. The lowest BCUT2D eigenvalue weighted by Crippen LogP contribution is -2.35. The van der Waals surface area contributed by atoms with Crippen molar-refractivity contribution in [2.24, 2.45) is 5.41 Å². The van der Waals surface area contributed by atoms with Crippen LogP contribution in [0.25, 0.3) is 0 Å². The van der Waals surface area contributed by atoms with Crippen LogP contribution in [-0.2, 0) is 6.54 Å². The van der Waals surface area contributed by atoms with Gasteiger partial charge in [-0.1, -0.05) is 13.8 Å². The zero-order valence-electron chi connectivity index (χ0n) is 10.7. The topological polar surface area (TPSA) is 12.0 Å². The minimum Gasteiger partial charge on any atom is -0.309 e. The molecule has 0 amide bonds. The molecular weight excluding hydrogens is 214 g/mol. The van der Waals surface area contributed by atoms with Crippen LogP contribution < -0.4 is 5.32 Å². The van der Waals surface area contributed by atoms with Gasteiger partial charge in [-0.2, -0.15) is 0 Å². The molecule has 1 aromatic heterocycles. The molecule has 0 aliphatic heterocycles. The monoisotopic (exact) mass is 237 g/mol. The van der Waals surface area contributed by atoms with Gasteiger partial charge in [-0.25, -0.2) is 0 Å². The zero-order valence-corrected chi connectivity index (χ0v) is 11.5. The summed E-state index contributed by atoms with van der Waals surface area (Å²) >= 11 is 1.88. The molecule has 1 aromatic rings. The summed E-state index contributed by atoms with van der Waals surface area (Å²) in [4.78, 5) is 1.50. The van der Waals surface area contributed by atoms with Crippen molar-refractivity contribution in [1.82, 2.24) is 5.32 Å². The van der Waals surface area contributed by atoms with Crippen LogP contribution in [0.15, 0.2) is 11.4 Å². The molecule has 0 spiro atoms. The van der Waals surface area contributed by atoms with E-state index < -0.39 is 0 Å². The standard InChI is InChI=1S/C14H23NS/c1-11-6-9-16-13(11)10-15-12-4-7-14(2,3)8-5-12/h6,9,12,15H,4-5,7-8,10H2,1-3H3. The van der Waals surface area contributed by atoms with Gasteiger partial charge in [0.1, 0.15) is 0 Å². The van der Waals surface area contributed by atoms with Crippen molar-refractivity contribution < 1.29 is 0 Å². The molecule has 0 saturated heterocycles. The minimum absolute atomic E-state index is 0.580. The lowest BCUT2D eigenvalue weighted by atomic mass is 9.75. The van der Waals surface area contributed by atoms with Gasteiger partial charge in [-0.05, 0) is 55.0 Å². The Hall–Kier alpha value is -0.340. The highest BCUT2D eigenvalue weighted by Gasteiger charge is 2.26. The summed E-state index contributed by atoms with van der Waals surface area (Å²) in [6, 6.07) is 2.96. The van der Waals surface area contributed by atoms with Gasteiger partial charge < -0.3 is 5.32 Å². The predicted molar refractivity (Wildman–Crippen MR) is 71.9 cm³/mol. The molecule has 90 valence electrons. The van der Waals surface area contributed by atoms with E-state index in [9.17, 15) is 0 Å².